The van der Waals surface area contributed by atoms with Gasteiger partial charge in [-0.1, -0.05) is 35.9 Å². The number of nitrogens with zero attached hydrogens (tertiary/aromatic N) is 2. The number of carboxylic acid groups (broad SMARTS) is 1. The van der Waals surface area contributed by atoms with Crippen molar-refractivity contribution in [3.63, 3.8) is 0 Å². The molecule has 0 radical (unpaired) electrons. The number of piperidine rings is 1. The van der Waals surface area contributed by atoms with E-state index in [1.807, 2.05) is 48.2 Å². The Morgan fingerprint density at radius 3 is 2.67 bits per heavy atom. The molecular formula is C26H30BrClN4O4. The van der Waals surface area contributed by atoms with Crippen LogP contribution in [0.15, 0.2) is 40.9 Å². The third kappa shape index (κ3) is 6.13. The van der Waals surface area contributed by atoms with Crippen molar-refractivity contribution >= 4 is 51.2 Å². The second kappa shape index (κ2) is 11.5. The molecule has 10 heteroatoms. The van der Waals surface area contributed by atoms with E-state index in [0.29, 0.717) is 50.3 Å². The molecule has 1 fully saturated rings. The minimum Gasteiger partial charge on any atom is -0.481 e. The number of para-hydroxylation sites is 1. The Hall–Kier alpha value is -2.78. The number of anilines is 1. The van der Waals surface area contributed by atoms with Gasteiger partial charge < -0.3 is 25.5 Å². The van der Waals surface area contributed by atoms with E-state index >= 15 is 0 Å². The van der Waals surface area contributed by atoms with Crippen LogP contribution in [0.3, 0.4) is 0 Å². The first-order chi connectivity index (χ1) is 17.2. The van der Waals surface area contributed by atoms with E-state index in [4.69, 9.17) is 16.7 Å². The summed E-state index contributed by atoms with van der Waals surface area (Å²) in [6.07, 6.45) is 2.35. The zero-order valence-electron chi connectivity index (χ0n) is 20.1. The summed E-state index contributed by atoms with van der Waals surface area (Å²) in [6.45, 7) is 3.53. The van der Waals surface area contributed by atoms with Crippen LogP contribution < -0.4 is 10.6 Å². The normalized spacial score (nSPS) is 16.8. The van der Waals surface area contributed by atoms with Crippen molar-refractivity contribution in [1.29, 1.82) is 0 Å². The first kappa shape index (κ1) is 26.3. The highest BCUT2D eigenvalue weighted by Crippen LogP contribution is 2.32. The van der Waals surface area contributed by atoms with Gasteiger partial charge in [0.05, 0.1) is 11.1 Å². The molecule has 2 aliphatic heterocycles. The molecule has 0 saturated carbocycles. The molecule has 0 spiro atoms. The van der Waals surface area contributed by atoms with Gasteiger partial charge >= 0.3 is 18.0 Å². The number of carbonyl (C=O) groups is 3. The van der Waals surface area contributed by atoms with Gasteiger partial charge in [0.15, 0.2) is 0 Å². The number of urea groups is 2. The van der Waals surface area contributed by atoms with Gasteiger partial charge in [-0.15, -0.1) is 0 Å². The molecule has 4 rings (SSSR count). The van der Waals surface area contributed by atoms with E-state index in [1.165, 1.54) is 0 Å². The molecule has 4 amide bonds. The molecule has 2 aromatic carbocycles. The van der Waals surface area contributed by atoms with E-state index in [9.17, 15) is 14.4 Å². The molecule has 192 valence electrons. The summed E-state index contributed by atoms with van der Waals surface area (Å²) in [6, 6.07) is 11.0. The Morgan fingerprint density at radius 2 is 1.97 bits per heavy atom. The molecule has 2 heterocycles. The van der Waals surface area contributed by atoms with Gasteiger partial charge in [0.1, 0.15) is 0 Å². The van der Waals surface area contributed by atoms with Crippen LogP contribution in [0.5, 0.6) is 0 Å². The largest absolute Gasteiger partial charge is 0.481 e. The minimum absolute atomic E-state index is 0.0343. The first-order valence-electron chi connectivity index (χ1n) is 12.1. The molecule has 36 heavy (non-hydrogen) atoms. The molecule has 0 bridgehead atoms. The molecule has 1 atom stereocenters. The van der Waals surface area contributed by atoms with E-state index in [-0.39, 0.29) is 30.6 Å². The number of amides is 4. The van der Waals surface area contributed by atoms with Gasteiger partial charge in [0, 0.05) is 42.3 Å². The van der Waals surface area contributed by atoms with Crippen LogP contribution in [0.4, 0.5) is 15.3 Å². The van der Waals surface area contributed by atoms with Crippen LogP contribution in [-0.2, 0) is 11.3 Å². The van der Waals surface area contributed by atoms with E-state index < -0.39 is 5.97 Å². The van der Waals surface area contributed by atoms with Crippen LogP contribution in [0.1, 0.15) is 54.8 Å². The maximum Gasteiger partial charge on any atom is 0.322 e. The van der Waals surface area contributed by atoms with Crippen LogP contribution in [0.25, 0.3) is 0 Å². The molecule has 1 unspecified atom stereocenters. The summed E-state index contributed by atoms with van der Waals surface area (Å²) in [5.41, 5.74) is 3.70. The van der Waals surface area contributed by atoms with Gasteiger partial charge in [-0.05, 0) is 77.4 Å². The number of aryl methyl sites for hydroxylation is 1. The van der Waals surface area contributed by atoms with E-state index in [0.717, 1.165) is 26.9 Å². The Morgan fingerprint density at radius 1 is 1.25 bits per heavy atom. The van der Waals surface area contributed by atoms with Gasteiger partial charge in [0.25, 0.3) is 0 Å². The third-order valence-corrected chi connectivity index (χ3v) is 8.22. The maximum atomic E-state index is 13.2. The topological polar surface area (TPSA) is 102 Å². The van der Waals surface area contributed by atoms with Gasteiger partial charge in [-0.25, -0.2) is 9.59 Å². The summed E-state index contributed by atoms with van der Waals surface area (Å²) < 4.78 is 0.735. The summed E-state index contributed by atoms with van der Waals surface area (Å²) in [5.74, 6) is -0.861. The summed E-state index contributed by atoms with van der Waals surface area (Å²) in [7, 11) is 0. The molecule has 3 N–H and O–H groups in total. The lowest BCUT2D eigenvalue weighted by Gasteiger charge is -2.40. The number of halogens is 2. The zero-order chi connectivity index (χ0) is 25.8. The fourth-order valence-electron chi connectivity index (χ4n) is 4.87. The van der Waals surface area contributed by atoms with Crippen molar-refractivity contribution in [2.75, 3.05) is 18.4 Å². The molecule has 2 aromatic rings. The lowest BCUT2D eigenvalue weighted by molar-refractivity contribution is -0.137. The highest BCUT2D eigenvalue weighted by Gasteiger charge is 2.33. The van der Waals surface area contributed by atoms with Crippen molar-refractivity contribution in [2.24, 2.45) is 0 Å². The molecule has 8 nitrogen and oxygen atoms in total. The Kier molecular flexibility index (Phi) is 8.41. The number of hydrogen-bond acceptors (Lipinski definition) is 3. The lowest BCUT2D eigenvalue weighted by Crippen LogP contribution is -2.52. The highest BCUT2D eigenvalue weighted by atomic mass is 79.9. The number of rotatable bonds is 7. The van der Waals surface area contributed by atoms with Crippen LogP contribution in [-0.4, -0.2) is 52.1 Å². The van der Waals surface area contributed by atoms with Gasteiger partial charge in [-0.2, -0.15) is 0 Å². The molecule has 2 aliphatic rings. The summed E-state index contributed by atoms with van der Waals surface area (Å²) >= 11 is 9.76. The quantitative estimate of drug-likeness (QED) is 0.380. The number of aliphatic carboxylic acids is 1. The predicted molar refractivity (Wildman–Crippen MR) is 142 cm³/mol. The zero-order valence-corrected chi connectivity index (χ0v) is 22.4. The van der Waals surface area contributed by atoms with Crippen molar-refractivity contribution in [3.8, 4) is 0 Å². The van der Waals surface area contributed by atoms with Crippen molar-refractivity contribution < 1.29 is 19.5 Å². The Labute approximate surface area is 224 Å². The average molecular weight is 578 g/mol. The number of carbonyl (C=O) groups excluding carboxylic acids is 2. The molecule has 1 saturated heterocycles. The van der Waals surface area contributed by atoms with Crippen LogP contribution in [0.2, 0.25) is 5.02 Å². The SMILES string of the molecule is Cc1cc(C(CCCC(=O)O)NC(=O)N2CCC(N3Cc4ccccc4NC3=O)CC2)cc(Br)c1Cl. The summed E-state index contributed by atoms with van der Waals surface area (Å²) in [4.78, 5) is 40.5. The monoisotopic (exact) mass is 576 g/mol. The van der Waals surface area contributed by atoms with Crippen molar-refractivity contribution in [2.45, 2.75) is 57.7 Å². The average Bonchev–Trinajstić information content (AvgIpc) is 2.85. The number of hydrogen-bond donors (Lipinski definition) is 3. The predicted octanol–water partition coefficient (Wildman–Crippen LogP) is 5.93. The lowest BCUT2D eigenvalue weighted by atomic mass is 9.99. The second-order valence-electron chi connectivity index (χ2n) is 9.36. The smallest absolute Gasteiger partial charge is 0.322 e. The molecular weight excluding hydrogens is 548 g/mol. The van der Waals surface area contributed by atoms with Gasteiger partial charge in [-0.3, -0.25) is 4.79 Å². The molecule has 0 aliphatic carbocycles. The van der Waals surface area contributed by atoms with Crippen LogP contribution >= 0.6 is 27.5 Å². The fraction of sp³-hybridized carbons (Fsp3) is 0.423. The Balaban J connectivity index is 1.39. The maximum absolute atomic E-state index is 13.2. The van der Waals surface area contributed by atoms with Gasteiger partial charge in [0.2, 0.25) is 0 Å². The summed E-state index contributed by atoms with van der Waals surface area (Å²) in [5, 5.41) is 15.7. The number of likely N-dealkylation sites (tertiary alicyclic amines) is 1. The number of benzene rings is 2. The third-order valence-electron chi connectivity index (χ3n) is 6.87. The number of fused-ring (bicyclic) bond motifs is 1. The highest BCUT2D eigenvalue weighted by molar-refractivity contribution is 9.10. The fourth-order valence-corrected chi connectivity index (χ4v) is 5.56. The van der Waals surface area contributed by atoms with E-state index in [1.54, 1.807) is 4.90 Å². The standard InChI is InChI=1S/C26H30BrClN4O4/c1-16-13-18(14-20(27)24(16)28)22(7-4-8-23(33)34)29-25(35)31-11-9-19(10-12-31)32-15-17-5-2-3-6-21(17)30-26(32)36/h2-3,5-6,13-14,19,22H,4,7-12,15H2,1H3,(H,29,35)(H,30,36)(H,33,34). The van der Waals surface area contributed by atoms with Crippen molar-refractivity contribution in [3.05, 3.63) is 62.6 Å². The molecule has 0 aromatic heterocycles. The minimum atomic E-state index is -0.861. The first-order valence-corrected chi connectivity index (χ1v) is 13.3. The van der Waals surface area contributed by atoms with Crippen molar-refractivity contribution in [1.82, 2.24) is 15.1 Å². The second-order valence-corrected chi connectivity index (χ2v) is 10.6. The van der Waals surface area contributed by atoms with E-state index in [2.05, 4.69) is 26.6 Å². The number of carboxylic acids is 1. The Bertz CT molecular complexity index is 1130. The number of nitrogens with one attached hydrogen (secondary N) is 2. The van der Waals surface area contributed by atoms with Crippen LogP contribution in [0, 0.1) is 6.92 Å².